The van der Waals surface area contributed by atoms with Crippen LogP contribution in [-0.4, -0.2) is 26.8 Å². The predicted octanol–water partition coefficient (Wildman–Crippen LogP) is 2.75. The fourth-order valence-electron chi connectivity index (χ4n) is 2.26. The summed E-state index contributed by atoms with van der Waals surface area (Å²) in [6, 6.07) is 4.09. The van der Waals surface area contributed by atoms with Gasteiger partial charge in [-0.1, -0.05) is 18.0 Å². The van der Waals surface area contributed by atoms with Gasteiger partial charge in [-0.2, -0.15) is 0 Å². The Morgan fingerprint density at radius 3 is 2.85 bits per heavy atom. The van der Waals surface area contributed by atoms with E-state index >= 15 is 0 Å². The van der Waals surface area contributed by atoms with E-state index < -0.39 is 15.8 Å². The Morgan fingerprint density at radius 1 is 1.40 bits per heavy atom. The number of halogens is 2. The van der Waals surface area contributed by atoms with Gasteiger partial charge < -0.3 is 5.32 Å². The maximum atomic E-state index is 13.6. The minimum Gasteiger partial charge on any atom is -0.314 e. The average Bonchev–Trinajstić information content (AvgIpc) is 2.41. The number of sulfonamides is 1. The highest BCUT2D eigenvalue weighted by Gasteiger charge is 2.18. The molecule has 0 radical (unpaired) electrons. The maximum absolute atomic E-state index is 13.6. The SMILES string of the molecule is O=S(=O)(CCC1CCCCN1)Nc1ccc(Cl)cc1F. The van der Waals surface area contributed by atoms with Crippen LogP contribution >= 0.6 is 11.6 Å². The molecular formula is C13H18ClFN2O2S. The predicted molar refractivity (Wildman–Crippen MR) is 79.1 cm³/mol. The molecule has 1 heterocycles. The summed E-state index contributed by atoms with van der Waals surface area (Å²) in [4.78, 5) is 0. The molecule has 1 atom stereocenters. The number of anilines is 1. The molecule has 1 unspecified atom stereocenters. The van der Waals surface area contributed by atoms with E-state index in [9.17, 15) is 12.8 Å². The van der Waals surface area contributed by atoms with Crippen molar-refractivity contribution in [2.45, 2.75) is 31.7 Å². The molecule has 1 fully saturated rings. The van der Waals surface area contributed by atoms with Crippen molar-refractivity contribution < 1.29 is 12.8 Å². The van der Waals surface area contributed by atoms with E-state index in [1.807, 2.05) is 0 Å². The van der Waals surface area contributed by atoms with E-state index in [2.05, 4.69) is 10.0 Å². The van der Waals surface area contributed by atoms with Crippen molar-refractivity contribution >= 4 is 27.3 Å². The Balaban J connectivity index is 1.93. The second kappa shape index (κ2) is 6.74. The van der Waals surface area contributed by atoms with Gasteiger partial charge in [-0.05, 0) is 44.0 Å². The number of benzene rings is 1. The Kier molecular flexibility index (Phi) is 5.23. The lowest BCUT2D eigenvalue weighted by Gasteiger charge is -2.23. The Bertz CT molecular complexity index is 559. The fraction of sp³-hybridized carbons (Fsp3) is 0.538. The molecule has 0 bridgehead atoms. The van der Waals surface area contributed by atoms with Gasteiger partial charge in [0.1, 0.15) is 5.82 Å². The molecule has 2 rings (SSSR count). The van der Waals surface area contributed by atoms with Crippen LogP contribution < -0.4 is 10.0 Å². The molecule has 0 aromatic heterocycles. The topological polar surface area (TPSA) is 58.2 Å². The van der Waals surface area contributed by atoms with Crippen LogP contribution in [0, 0.1) is 5.82 Å². The first-order valence-corrected chi connectivity index (χ1v) is 8.68. The zero-order chi connectivity index (χ0) is 14.6. The third-order valence-electron chi connectivity index (χ3n) is 3.34. The lowest BCUT2D eigenvalue weighted by atomic mass is 10.0. The molecule has 1 aromatic carbocycles. The summed E-state index contributed by atoms with van der Waals surface area (Å²) in [5, 5.41) is 3.52. The summed E-state index contributed by atoms with van der Waals surface area (Å²) in [7, 11) is -3.54. The van der Waals surface area contributed by atoms with Crippen LogP contribution in [0.4, 0.5) is 10.1 Å². The van der Waals surface area contributed by atoms with E-state index in [0.29, 0.717) is 6.42 Å². The average molecular weight is 321 g/mol. The molecule has 1 aliphatic heterocycles. The van der Waals surface area contributed by atoms with Crippen molar-refractivity contribution in [1.82, 2.24) is 5.32 Å². The summed E-state index contributed by atoms with van der Waals surface area (Å²) >= 11 is 5.63. The van der Waals surface area contributed by atoms with Gasteiger partial charge in [0.05, 0.1) is 11.4 Å². The summed E-state index contributed by atoms with van der Waals surface area (Å²) in [6.45, 7) is 0.934. The molecule has 20 heavy (non-hydrogen) atoms. The molecule has 1 saturated heterocycles. The van der Waals surface area contributed by atoms with E-state index in [-0.39, 0.29) is 22.5 Å². The Labute approximate surface area is 123 Å². The van der Waals surface area contributed by atoms with Crippen LogP contribution in [0.1, 0.15) is 25.7 Å². The first-order valence-electron chi connectivity index (χ1n) is 6.65. The molecule has 112 valence electrons. The highest BCUT2D eigenvalue weighted by atomic mass is 35.5. The van der Waals surface area contributed by atoms with Gasteiger partial charge in [0.15, 0.2) is 0 Å². The number of piperidine rings is 1. The smallest absolute Gasteiger partial charge is 0.232 e. The maximum Gasteiger partial charge on any atom is 0.232 e. The monoisotopic (exact) mass is 320 g/mol. The molecule has 1 aromatic rings. The Morgan fingerprint density at radius 2 is 2.20 bits per heavy atom. The van der Waals surface area contributed by atoms with Crippen molar-refractivity contribution in [1.29, 1.82) is 0 Å². The summed E-state index contributed by atoms with van der Waals surface area (Å²) in [5.41, 5.74) is -0.0639. The second-order valence-corrected chi connectivity index (χ2v) is 7.26. The van der Waals surface area contributed by atoms with Gasteiger partial charge in [0.2, 0.25) is 10.0 Å². The molecule has 7 heteroatoms. The molecule has 0 spiro atoms. The second-order valence-electron chi connectivity index (χ2n) is 4.98. The van der Waals surface area contributed by atoms with Gasteiger partial charge in [-0.15, -0.1) is 0 Å². The molecule has 0 amide bonds. The molecule has 0 saturated carbocycles. The zero-order valence-corrected chi connectivity index (χ0v) is 12.6. The normalized spacial score (nSPS) is 19.8. The molecule has 2 N–H and O–H groups in total. The minimum absolute atomic E-state index is 0.0211. The number of hydrogen-bond acceptors (Lipinski definition) is 3. The summed E-state index contributed by atoms with van der Waals surface area (Å²) in [6.07, 6.45) is 3.78. The van der Waals surface area contributed by atoms with Crippen LogP contribution in [0.3, 0.4) is 0 Å². The van der Waals surface area contributed by atoms with Gasteiger partial charge in [0.25, 0.3) is 0 Å². The van der Waals surface area contributed by atoms with E-state index in [1.54, 1.807) is 0 Å². The standard InChI is InChI=1S/C13H18ClFN2O2S/c14-10-4-5-13(12(15)9-10)17-20(18,19)8-6-11-3-1-2-7-16-11/h4-5,9,11,16-17H,1-3,6-8H2. The molecule has 0 aliphatic carbocycles. The number of hydrogen-bond donors (Lipinski definition) is 2. The molecule has 4 nitrogen and oxygen atoms in total. The lowest BCUT2D eigenvalue weighted by molar-refractivity contribution is 0.393. The van der Waals surface area contributed by atoms with E-state index in [1.165, 1.54) is 12.1 Å². The third-order valence-corrected chi connectivity index (χ3v) is 4.88. The van der Waals surface area contributed by atoms with Crippen molar-refractivity contribution in [2.75, 3.05) is 17.0 Å². The van der Waals surface area contributed by atoms with E-state index in [0.717, 1.165) is 31.9 Å². The Hall–Kier alpha value is -0.850. The summed E-state index contributed by atoms with van der Waals surface area (Å²) in [5.74, 6) is -0.691. The lowest BCUT2D eigenvalue weighted by Crippen LogP contribution is -2.36. The highest BCUT2D eigenvalue weighted by molar-refractivity contribution is 7.92. The van der Waals surface area contributed by atoms with E-state index in [4.69, 9.17) is 11.6 Å². The van der Waals surface area contributed by atoms with Crippen molar-refractivity contribution in [3.63, 3.8) is 0 Å². The van der Waals surface area contributed by atoms with Crippen molar-refractivity contribution in [3.8, 4) is 0 Å². The fourth-order valence-corrected chi connectivity index (χ4v) is 3.61. The largest absolute Gasteiger partial charge is 0.314 e. The number of rotatable bonds is 5. The first-order chi connectivity index (χ1) is 9.46. The molecule has 1 aliphatic rings. The zero-order valence-electron chi connectivity index (χ0n) is 11.0. The van der Waals surface area contributed by atoms with Crippen LogP contribution in [0.15, 0.2) is 18.2 Å². The van der Waals surface area contributed by atoms with Gasteiger partial charge in [0, 0.05) is 11.1 Å². The first kappa shape index (κ1) is 15.5. The van der Waals surface area contributed by atoms with Gasteiger partial charge in [-0.25, -0.2) is 12.8 Å². The summed E-state index contributed by atoms with van der Waals surface area (Å²) < 4.78 is 39.7. The minimum atomic E-state index is -3.54. The van der Waals surface area contributed by atoms with Crippen molar-refractivity contribution in [3.05, 3.63) is 29.0 Å². The number of nitrogens with one attached hydrogen (secondary N) is 2. The quantitative estimate of drug-likeness (QED) is 0.877. The molecular weight excluding hydrogens is 303 g/mol. The third kappa shape index (κ3) is 4.61. The van der Waals surface area contributed by atoms with Gasteiger partial charge >= 0.3 is 0 Å². The van der Waals surface area contributed by atoms with Crippen LogP contribution in [0.2, 0.25) is 5.02 Å². The van der Waals surface area contributed by atoms with Crippen molar-refractivity contribution in [2.24, 2.45) is 0 Å². The highest BCUT2D eigenvalue weighted by Crippen LogP contribution is 2.20. The van der Waals surface area contributed by atoms with Crippen LogP contribution in [0.25, 0.3) is 0 Å². The van der Waals surface area contributed by atoms with Gasteiger partial charge in [-0.3, -0.25) is 4.72 Å². The van der Waals surface area contributed by atoms with Crippen LogP contribution in [0.5, 0.6) is 0 Å². The van der Waals surface area contributed by atoms with Crippen LogP contribution in [-0.2, 0) is 10.0 Å².